The van der Waals surface area contributed by atoms with Gasteiger partial charge in [0.1, 0.15) is 24.7 Å². The Kier molecular flexibility index (Phi) is 10.9. The molecule has 1 saturated heterocycles. The minimum atomic E-state index is 0. The molecule has 0 radical (unpaired) electrons. The van der Waals surface area contributed by atoms with Crippen LogP contribution in [-0.4, -0.2) is 44.2 Å². The molecule has 1 fully saturated rings. The Morgan fingerprint density at radius 3 is 2.37 bits per heavy atom. The van der Waals surface area contributed by atoms with Gasteiger partial charge in [0, 0.05) is 49.4 Å². The molecule has 2 aromatic rings. The van der Waals surface area contributed by atoms with Gasteiger partial charge in [-0.15, -0.1) is 24.8 Å². The van der Waals surface area contributed by atoms with E-state index in [1.54, 1.807) is 0 Å². The van der Waals surface area contributed by atoms with Crippen molar-refractivity contribution in [3.05, 3.63) is 58.6 Å². The fourth-order valence-electron chi connectivity index (χ4n) is 2.88. The summed E-state index contributed by atoms with van der Waals surface area (Å²) < 4.78 is 11.8. The number of nitrogens with zero attached hydrogens (tertiary/aromatic N) is 1. The summed E-state index contributed by atoms with van der Waals surface area (Å²) in [7, 11) is 0. The van der Waals surface area contributed by atoms with Crippen LogP contribution in [0.1, 0.15) is 11.1 Å². The van der Waals surface area contributed by atoms with Crippen molar-refractivity contribution in [3.8, 4) is 11.5 Å². The Hall–Kier alpha value is -1.17. The van der Waals surface area contributed by atoms with Gasteiger partial charge < -0.3 is 14.8 Å². The van der Waals surface area contributed by atoms with E-state index in [2.05, 4.69) is 10.2 Å². The SMILES string of the molecule is Cc1cc(OCCN2CCNCC2)cc(OCc2ccccc2Cl)c1.Cl.Cl. The molecule has 0 unspecified atom stereocenters. The zero-order valence-electron chi connectivity index (χ0n) is 15.4. The lowest BCUT2D eigenvalue weighted by Gasteiger charge is -2.26. The third kappa shape index (κ3) is 7.76. The summed E-state index contributed by atoms with van der Waals surface area (Å²) in [6.07, 6.45) is 0. The van der Waals surface area contributed by atoms with Gasteiger partial charge in [-0.25, -0.2) is 0 Å². The minimum Gasteiger partial charge on any atom is -0.492 e. The van der Waals surface area contributed by atoms with E-state index in [-0.39, 0.29) is 24.8 Å². The van der Waals surface area contributed by atoms with Gasteiger partial charge in [-0.3, -0.25) is 4.90 Å². The van der Waals surface area contributed by atoms with E-state index in [9.17, 15) is 0 Å². The van der Waals surface area contributed by atoms with Crippen LogP contribution in [-0.2, 0) is 6.61 Å². The number of rotatable bonds is 7. The Morgan fingerprint density at radius 1 is 1.00 bits per heavy atom. The van der Waals surface area contributed by atoms with Crippen molar-refractivity contribution in [2.45, 2.75) is 13.5 Å². The summed E-state index contributed by atoms with van der Waals surface area (Å²) in [6.45, 7) is 8.43. The molecule has 3 rings (SSSR count). The second-order valence-corrected chi connectivity index (χ2v) is 6.71. The highest BCUT2D eigenvalue weighted by Gasteiger charge is 2.09. The molecule has 1 aliphatic heterocycles. The van der Waals surface area contributed by atoms with Gasteiger partial charge in [0.15, 0.2) is 0 Å². The molecule has 0 aromatic heterocycles. The second kappa shape index (κ2) is 12.3. The maximum absolute atomic E-state index is 6.18. The van der Waals surface area contributed by atoms with Crippen molar-refractivity contribution in [1.29, 1.82) is 0 Å². The average molecular weight is 434 g/mol. The van der Waals surface area contributed by atoms with Crippen LogP contribution in [0.5, 0.6) is 11.5 Å². The molecular weight excluding hydrogens is 407 g/mol. The van der Waals surface area contributed by atoms with E-state index in [1.165, 1.54) is 0 Å². The number of ether oxygens (including phenoxy) is 2. The molecule has 7 heteroatoms. The van der Waals surface area contributed by atoms with Crippen molar-refractivity contribution >= 4 is 36.4 Å². The van der Waals surface area contributed by atoms with Gasteiger partial charge in [-0.2, -0.15) is 0 Å². The number of hydrogen-bond acceptors (Lipinski definition) is 4. The van der Waals surface area contributed by atoms with Crippen LogP contribution in [0.15, 0.2) is 42.5 Å². The van der Waals surface area contributed by atoms with Crippen molar-refractivity contribution in [2.24, 2.45) is 0 Å². The third-order valence-corrected chi connectivity index (χ3v) is 4.63. The van der Waals surface area contributed by atoms with Gasteiger partial charge in [0.2, 0.25) is 0 Å². The Morgan fingerprint density at radius 2 is 1.67 bits per heavy atom. The molecule has 0 atom stereocenters. The van der Waals surface area contributed by atoms with E-state index in [0.717, 1.165) is 60.4 Å². The molecule has 150 valence electrons. The fraction of sp³-hybridized carbons (Fsp3) is 0.400. The molecule has 0 saturated carbocycles. The molecule has 1 aliphatic rings. The molecule has 27 heavy (non-hydrogen) atoms. The minimum absolute atomic E-state index is 0. The highest BCUT2D eigenvalue weighted by Crippen LogP contribution is 2.24. The lowest BCUT2D eigenvalue weighted by Crippen LogP contribution is -2.44. The van der Waals surface area contributed by atoms with E-state index < -0.39 is 0 Å². The summed E-state index contributed by atoms with van der Waals surface area (Å²) in [5.74, 6) is 1.65. The lowest BCUT2D eigenvalue weighted by molar-refractivity contribution is 0.191. The van der Waals surface area contributed by atoms with Crippen molar-refractivity contribution < 1.29 is 9.47 Å². The van der Waals surface area contributed by atoms with Gasteiger partial charge in [0.05, 0.1) is 0 Å². The highest BCUT2D eigenvalue weighted by atomic mass is 35.5. The number of nitrogens with one attached hydrogen (secondary N) is 1. The average Bonchev–Trinajstić information content (AvgIpc) is 2.62. The lowest BCUT2D eigenvalue weighted by atomic mass is 10.2. The predicted octanol–water partition coefficient (Wildman–Crippen LogP) is 4.36. The summed E-state index contributed by atoms with van der Waals surface area (Å²) in [6, 6.07) is 13.7. The molecular formula is C20H27Cl3N2O2. The molecule has 1 heterocycles. The van der Waals surface area contributed by atoms with Gasteiger partial charge in [-0.1, -0.05) is 29.8 Å². The summed E-state index contributed by atoms with van der Waals surface area (Å²) >= 11 is 6.18. The van der Waals surface area contributed by atoms with Crippen LogP contribution in [0.3, 0.4) is 0 Å². The van der Waals surface area contributed by atoms with Crippen LogP contribution < -0.4 is 14.8 Å². The first kappa shape index (κ1) is 23.9. The maximum Gasteiger partial charge on any atom is 0.123 e. The molecule has 1 N–H and O–H groups in total. The van der Waals surface area contributed by atoms with E-state index in [1.807, 2.05) is 49.4 Å². The topological polar surface area (TPSA) is 33.7 Å². The van der Waals surface area contributed by atoms with Crippen LogP contribution in [0, 0.1) is 6.92 Å². The number of halogens is 3. The van der Waals surface area contributed by atoms with Crippen LogP contribution in [0.4, 0.5) is 0 Å². The highest BCUT2D eigenvalue weighted by molar-refractivity contribution is 6.31. The monoisotopic (exact) mass is 432 g/mol. The second-order valence-electron chi connectivity index (χ2n) is 6.30. The molecule has 0 spiro atoms. The van der Waals surface area contributed by atoms with E-state index in [4.69, 9.17) is 21.1 Å². The van der Waals surface area contributed by atoms with E-state index in [0.29, 0.717) is 13.2 Å². The van der Waals surface area contributed by atoms with Crippen LogP contribution in [0.25, 0.3) is 0 Å². The van der Waals surface area contributed by atoms with Crippen molar-refractivity contribution in [1.82, 2.24) is 10.2 Å². The molecule has 0 bridgehead atoms. The summed E-state index contributed by atoms with van der Waals surface area (Å²) in [5, 5.41) is 4.09. The van der Waals surface area contributed by atoms with Crippen molar-refractivity contribution in [2.75, 3.05) is 39.3 Å². The Balaban J connectivity index is 0.00000182. The first-order valence-corrected chi connectivity index (χ1v) is 9.12. The summed E-state index contributed by atoms with van der Waals surface area (Å²) in [5.41, 5.74) is 2.10. The normalized spacial score (nSPS) is 14.0. The molecule has 4 nitrogen and oxygen atoms in total. The first-order chi connectivity index (χ1) is 12.2. The fourth-order valence-corrected chi connectivity index (χ4v) is 3.07. The van der Waals surface area contributed by atoms with Crippen molar-refractivity contribution in [3.63, 3.8) is 0 Å². The standard InChI is InChI=1S/C20H25ClN2O2.2ClH/c1-16-12-18(24-11-10-23-8-6-22-7-9-23)14-19(13-16)25-15-17-4-2-3-5-20(17)21;;/h2-5,12-14,22H,6-11,15H2,1H3;2*1H. The summed E-state index contributed by atoms with van der Waals surface area (Å²) in [4.78, 5) is 2.42. The number of aryl methyl sites for hydroxylation is 1. The van der Waals surface area contributed by atoms with Gasteiger partial charge in [0.25, 0.3) is 0 Å². The van der Waals surface area contributed by atoms with E-state index >= 15 is 0 Å². The largest absolute Gasteiger partial charge is 0.492 e. The quantitative estimate of drug-likeness (QED) is 0.703. The predicted molar refractivity (Wildman–Crippen MR) is 116 cm³/mol. The smallest absolute Gasteiger partial charge is 0.123 e. The van der Waals surface area contributed by atoms with Crippen LogP contribution >= 0.6 is 36.4 Å². The number of piperazine rings is 1. The molecule has 2 aromatic carbocycles. The van der Waals surface area contributed by atoms with Crippen LogP contribution in [0.2, 0.25) is 5.02 Å². The Labute approximate surface area is 179 Å². The number of benzene rings is 2. The first-order valence-electron chi connectivity index (χ1n) is 8.74. The number of hydrogen-bond donors (Lipinski definition) is 1. The zero-order chi connectivity index (χ0) is 17.5. The Bertz CT molecular complexity index is 695. The van der Waals surface area contributed by atoms with Gasteiger partial charge >= 0.3 is 0 Å². The van der Waals surface area contributed by atoms with Gasteiger partial charge in [-0.05, 0) is 30.7 Å². The molecule has 0 aliphatic carbocycles. The zero-order valence-corrected chi connectivity index (χ0v) is 17.8. The molecule has 0 amide bonds. The third-order valence-electron chi connectivity index (χ3n) is 4.26. The maximum atomic E-state index is 6.18.